The molecule has 3 aromatic carbocycles. The first kappa shape index (κ1) is 25.3. The lowest BCUT2D eigenvalue weighted by atomic mass is 10.1. The molecule has 3 aromatic heterocycles. The van der Waals surface area contributed by atoms with Gasteiger partial charge < -0.3 is 9.80 Å². The third-order valence-corrected chi connectivity index (χ3v) is 8.85. The summed E-state index contributed by atoms with van der Waals surface area (Å²) in [6.07, 6.45) is 4.23. The Morgan fingerprint density at radius 2 is 1.54 bits per heavy atom. The highest BCUT2D eigenvalue weighted by molar-refractivity contribution is 7.26. The van der Waals surface area contributed by atoms with Gasteiger partial charge in [-0.1, -0.05) is 48.5 Å². The van der Waals surface area contributed by atoms with Crippen LogP contribution in [0, 0.1) is 20.8 Å². The predicted octanol–water partition coefficient (Wildman–Crippen LogP) is 9.09. The van der Waals surface area contributed by atoms with Gasteiger partial charge in [0.2, 0.25) is 0 Å². The SMILES string of the molecule is Cc1ccc2c(n1)sc1c(-c3cccc(N(c4cccc(N5C=CN(C)C5)c4)c4c(C)cccc4C)n3)cccc12. The van der Waals surface area contributed by atoms with Gasteiger partial charge in [0, 0.05) is 57.6 Å². The van der Waals surface area contributed by atoms with Gasteiger partial charge in [-0.2, -0.15) is 0 Å². The smallest absolute Gasteiger partial charge is 0.138 e. The molecule has 6 heteroatoms. The topological polar surface area (TPSA) is 35.5 Å². The van der Waals surface area contributed by atoms with Crippen molar-refractivity contribution < 1.29 is 0 Å². The number of nitrogens with zero attached hydrogens (tertiary/aromatic N) is 5. The van der Waals surface area contributed by atoms with Crippen LogP contribution in [0.15, 0.2) is 103 Å². The molecule has 0 amide bonds. The third kappa shape index (κ3) is 4.50. The molecule has 1 aliphatic heterocycles. The average Bonchev–Trinajstić information content (AvgIpc) is 3.58. The molecule has 0 saturated heterocycles. The summed E-state index contributed by atoms with van der Waals surface area (Å²) in [5, 5.41) is 2.43. The van der Waals surface area contributed by atoms with Crippen LogP contribution in [-0.4, -0.2) is 28.6 Å². The second kappa shape index (κ2) is 10.1. The maximum Gasteiger partial charge on any atom is 0.138 e. The molecule has 4 heterocycles. The van der Waals surface area contributed by atoms with Gasteiger partial charge in [-0.15, -0.1) is 11.3 Å². The molecule has 0 radical (unpaired) electrons. The molecule has 0 fully saturated rings. The molecule has 1 aliphatic rings. The number of anilines is 4. The Hall–Kier alpha value is -4.68. The molecule has 0 spiro atoms. The number of rotatable bonds is 5. The highest BCUT2D eigenvalue weighted by atomic mass is 32.1. The van der Waals surface area contributed by atoms with Gasteiger partial charge in [0.15, 0.2) is 0 Å². The Bertz CT molecular complexity index is 1940. The van der Waals surface area contributed by atoms with Crippen LogP contribution >= 0.6 is 11.3 Å². The first-order valence-electron chi connectivity index (χ1n) is 13.8. The van der Waals surface area contributed by atoms with E-state index in [9.17, 15) is 0 Å². The second-order valence-corrected chi connectivity index (χ2v) is 11.7. The van der Waals surface area contributed by atoms with Crippen molar-refractivity contribution in [2.45, 2.75) is 20.8 Å². The highest BCUT2D eigenvalue weighted by Gasteiger charge is 2.21. The molecule has 41 heavy (non-hydrogen) atoms. The molecule has 0 bridgehead atoms. The van der Waals surface area contributed by atoms with Gasteiger partial charge in [-0.05, 0) is 74.4 Å². The summed E-state index contributed by atoms with van der Waals surface area (Å²) in [7, 11) is 2.09. The van der Waals surface area contributed by atoms with E-state index < -0.39 is 0 Å². The van der Waals surface area contributed by atoms with Crippen LogP contribution in [0.2, 0.25) is 0 Å². The molecule has 0 atom stereocenters. The molecule has 202 valence electrons. The molecule has 0 N–H and O–H groups in total. The van der Waals surface area contributed by atoms with Gasteiger partial charge in [-0.3, -0.25) is 4.90 Å². The van der Waals surface area contributed by atoms with E-state index in [0.29, 0.717) is 0 Å². The van der Waals surface area contributed by atoms with Crippen molar-refractivity contribution in [2.24, 2.45) is 0 Å². The fourth-order valence-electron chi connectivity index (χ4n) is 5.71. The van der Waals surface area contributed by atoms with E-state index in [2.05, 4.69) is 139 Å². The van der Waals surface area contributed by atoms with Crippen molar-refractivity contribution in [3.05, 3.63) is 120 Å². The minimum absolute atomic E-state index is 0.828. The molecule has 0 aliphatic carbocycles. The lowest BCUT2D eigenvalue weighted by Crippen LogP contribution is -2.22. The van der Waals surface area contributed by atoms with Crippen molar-refractivity contribution in [3.63, 3.8) is 0 Å². The number of pyridine rings is 2. The zero-order valence-corrected chi connectivity index (χ0v) is 24.5. The molecule has 0 unspecified atom stereocenters. The van der Waals surface area contributed by atoms with E-state index in [1.165, 1.54) is 26.6 Å². The van der Waals surface area contributed by atoms with Crippen LogP contribution in [0.3, 0.4) is 0 Å². The maximum atomic E-state index is 5.33. The number of para-hydroxylation sites is 1. The Kier molecular flexibility index (Phi) is 6.20. The number of hydrogen-bond acceptors (Lipinski definition) is 6. The minimum atomic E-state index is 0.828. The van der Waals surface area contributed by atoms with Crippen molar-refractivity contribution in [1.82, 2.24) is 14.9 Å². The van der Waals surface area contributed by atoms with Gasteiger partial charge in [0.25, 0.3) is 0 Å². The fourth-order valence-corrected chi connectivity index (χ4v) is 6.95. The standard InChI is InChI=1S/C35H31N5S/c1-23-9-5-10-24(2)33(23)40(27-12-6-11-26(21-27)39-20-19-38(4)22-39)32-16-8-15-31(37-32)30-14-7-13-28-29-18-17-25(3)36-35(29)41-34(28)30/h5-21H,22H2,1-4H3. The van der Waals surface area contributed by atoms with Gasteiger partial charge in [0.1, 0.15) is 10.6 Å². The average molecular weight is 554 g/mol. The lowest BCUT2D eigenvalue weighted by Gasteiger charge is -2.29. The fraction of sp³-hybridized carbons (Fsp3) is 0.143. The van der Waals surface area contributed by atoms with Crippen LogP contribution in [0.1, 0.15) is 16.8 Å². The van der Waals surface area contributed by atoms with E-state index in [4.69, 9.17) is 9.97 Å². The monoisotopic (exact) mass is 553 g/mol. The van der Waals surface area contributed by atoms with Crippen LogP contribution in [-0.2, 0) is 0 Å². The van der Waals surface area contributed by atoms with Crippen LogP contribution in [0.5, 0.6) is 0 Å². The van der Waals surface area contributed by atoms with E-state index in [0.717, 1.165) is 51.3 Å². The van der Waals surface area contributed by atoms with Crippen molar-refractivity contribution in [2.75, 3.05) is 23.5 Å². The summed E-state index contributed by atoms with van der Waals surface area (Å²) in [4.78, 5) is 18.0. The number of aromatic nitrogens is 2. The molecule has 7 rings (SSSR count). The minimum Gasteiger partial charge on any atom is -0.361 e. The second-order valence-electron chi connectivity index (χ2n) is 10.7. The molecule has 5 nitrogen and oxygen atoms in total. The quantitative estimate of drug-likeness (QED) is 0.213. The molecule has 0 saturated carbocycles. The van der Waals surface area contributed by atoms with Crippen LogP contribution in [0.4, 0.5) is 22.9 Å². The van der Waals surface area contributed by atoms with Crippen molar-refractivity contribution >= 4 is 54.5 Å². The molecular formula is C35H31N5S. The first-order valence-corrected chi connectivity index (χ1v) is 14.7. The predicted molar refractivity (Wildman–Crippen MR) is 173 cm³/mol. The number of benzene rings is 3. The molecular weight excluding hydrogens is 522 g/mol. The maximum absolute atomic E-state index is 5.33. The lowest BCUT2D eigenvalue weighted by molar-refractivity contribution is 0.496. The Labute approximate surface area is 244 Å². The molecule has 6 aromatic rings. The van der Waals surface area contributed by atoms with E-state index in [-0.39, 0.29) is 0 Å². The summed E-state index contributed by atoms with van der Waals surface area (Å²) in [6.45, 7) is 7.22. The highest BCUT2D eigenvalue weighted by Crippen LogP contribution is 2.42. The normalized spacial score (nSPS) is 13.1. The summed E-state index contributed by atoms with van der Waals surface area (Å²) < 4.78 is 1.22. The van der Waals surface area contributed by atoms with Gasteiger partial charge in [0.05, 0.1) is 18.1 Å². The van der Waals surface area contributed by atoms with Crippen molar-refractivity contribution in [3.8, 4) is 11.3 Å². The number of fused-ring (bicyclic) bond motifs is 3. The summed E-state index contributed by atoms with van der Waals surface area (Å²) >= 11 is 1.74. The zero-order chi connectivity index (χ0) is 28.1. The Balaban J connectivity index is 1.40. The largest absolute Gasteiger partial charge is 0.361 e. The third-order valence-electron chi connectivity index (χ3n) is 7.70. The van der Waals surface area contributed by atoms with E-state index in [1.807, 2.05) is 6.92 Å². The number of hydrogen-bond donors (Lipinski definition) is 0. The number of thiophene rings is 1. The van der Waals surface area contributed by atoms with E-state index in [1.54, 1.807) is 11.3 Å². The van der Waals surface area contributed by atoms with Crippen molar-refractivity contribution in [1.29, 1.82) is 0 Å². The summed E-state index contributed by atoms with van der Waals surface area (Å²) in [5.41, 5.74) is 8.91. The van der Waals surface area contributed by atoms with Gasteiger partial charge in [-0.25, -0.2) is 9.97 Å². The summed E-state index contributed by atoms with van der Waals surface area (Å²) in [6, 6.07) is 32.3. The first-order chi connectivity index (χ1) is 20.0. The van der Waals surface area contributed by atoms with Gasteiger partial charge >= 0.3 is 0 Å². The zero-order valence-electron chi connectivity index (χ0n) is 23.7. The van der Waals surface area contributed by atoms with E-state index >= 15 is 0 Å². The van der Waals surface area contributed by atoms with Crippen LogP contribution in [0.25, 0.3) is 31.6 Å². The Morgan fingerprint density at radius 3 is 2.34 bits per heavy atom. The number of aryl methyl sites for hydroxylation is 3. The summed E-state index contributed by atoms with van der Waals surface area (Å²) in [5.74, 6) is 0.887. The van der Waals surface area contributed by atoms with Crippen LogP contribution < -0.4 is 9.80 Å². The Morgan fingerprint density at radius 1 is 0.756 bits per heavy atom.